The highest BCUT2D eigenvalue weighted by Crippen LogP contribution is 2.31. The number of halogens is 1. The highest BCUT2D eigenvalue weighted by Gasteiger charge is 2.16. The molecule has 1 heterocycles. The van der Waals surface area contributed by atoms with Gasteiger partial charge in [0, 0.05) is 6.07 Å². The van der Waals surface area contributed by atoms with Crippen LogP contribution in [-0.2, 0) is 0 Å². The molecule has 24 heavy (non-hydrogen) atoms. The topological polar surface area (TPSA) is 86.7 Å². The molecule has 0 aliphatic rings. The molecule has 0 fully saturated rings. The predicted octanol–water partition coefficient (Wildman–Crippen LogP) is 3.48. The lowest BCUT2D eigenvalue weighted by atomic mass is 10.1. The summed E-state index contributed by atoms with van der Waals surface area (Å²) in [5.74, 6) is -0.691. The molecule has 2 aromatic carbocycles. The Hall–Kier alpha value is -2.81. The first-order valence-corrected chi connectivity index (χ1v) is 7.75. The average Bonchev–Trinajstić information content (AvgIpc) is 3.00. The van der Waals surface area contributed by atoms with Crippen LogP contribution < -0.4 is 0 Å². The Kier molecular flexibility index (Phi) is 4.26. The van der Waals surface area contributed by atoms with Crippen LogP contribution in [0.15, 0.2) is 46.5 Å². The summed E-state index contributed by atoms with van der Waals surface area (Å²) in [6.45, 7) is 3.98. The second-order valence-corrected chi connectivity index (χ2v) is 6.12. The van der Waals surface area contributed by atoms with Crippen molar-refractivity contribution in [2.75, 3.05) is 0 Å². The number of nitrogens with zero attached hydrogens (tertiary/aromatic N) is 5. The Morgan fingerprint density at radius 3 is 2.62 bits per heavy atom. The summed E-state index contributed by atoms with van der Waals surface area (Å²) in [5.41, 5.74) is 2.68. The van der Waals surface area contributed by atoms with Crippen molar-refractivity contribution in [1.29, 1.82) is 0 Å². The van der Waals surface area contributed by atoms with Crippen LogP contribution in [0.1, 0.15) is 11.1 Å². The fourth-order valence-electron chi connectivity index (χ4n) is 2.05. The Morgan fingerprint density at radius 1 is 1.17 bits per heavy atom. The van der Waals surface area contributed by atoms with E-state index in [1.54, 1.807) is 0 Å². The van der Waals surface area contributed by atoms with E-state index in [0.29, 0.717) is 5.16 Å². The van der Waals surface area contributed by atoms with Gasteiger partial charge in [-0.25, -0.2) is 4.39 Å². The van der Waals surface area contributed by atoms with E-state index in [1.165, 1.54) is 16.8 Å². The van der Waals surface area contributed by atoms with Gasteiger partial charge in [-0.3, -0.25) is 10.1 Å². The summed E-state index contributed by atoms with van der Waals surface area (Å²) in [6.07, 6.45) is 0. The zero-order chi connectivity index (χ0) is 17.3. The molecule has 122 valence electrons. The largest absolute Gasteiger partial charge is 0.272 e. The number of nitro groups is 1. The van der Waals surface area contributed by atoms with E-state index in [2.05, 4.69) is 15.5 Å². The molecule has 0 unspecified atom stereocenters. The van der Waals surface area contributed by atoms with Crippen LogP contribution in [0.4, 0.5) is 10.1 Å². The summed E-state index contributed by atoms with van der Waals surface area (Å²) in [4.78, 5) is 10.2. The maximum absolute atomic E-state index is 14.1. The number of aromatic nitrogens is 4. The third-order valence-electron chi connectivity index (χ3n) is 3.50. The number of aryl methyl sites for hydroxylation is 2. The highest BCUT2D eigenvalue weighted by molar-refractivity contribution is 7.99. The second kappa shape index (κ2) is 6.36. The van der Waals surface area contributed by atoms with E-state index in [1.807, 2.05) is 32.0 Å². The second-order valence-electron chi connectivity index (χ2n) is 5.12. The number of non-ortho nitro benzene ring substituents is 1. The minimum absolute atomic E-state index is 0.209. The van der Waals surface area contributed by atoms with Gasteiger partial charge in [-0.05, 0) is 65.4 Å². The Bertz CT molecular complexity index is 928. The fourth-order valence-corrected chi connectivity index (χ4v) is 2.84. The standard InChI is InChI=1S/C15H12FN5O2S/c1-9-3-4-11(7-10(9)2)20-15(17-18-19-20)24-14-6-5-12(21(22)23)8-13(14)16/h3-8H,1-2H3. The molecule has 0 radical (unpaired) electrons. The van der Waals surface area contributed by atoms with Gasteiger partial charge < -0.3 is 0 Å². The van der Waals surface area contributed by atoms with E-state index in [0.717, 1.165) is 34.6 Å². The number of tetrazole rings is 1. The number of nitro benzene ring substituents is 1. The first-order valence-electron chi connectivity index (χ1n) is 6.93. The van der Waals surface area contributed by atoms with Gasteiger partial charge in [-0.15, -0.1) is 5.10 Å². The van der Waals surface area contributed by atoms with Gasteiger partial charge in [-0.1, -0.05) is 6.07 Å². The van der Waals surface area contributed by atoms with Gasteiger partial charge in [0.05, 0.1) is 21.6 Å². The van der Waals surface area contributed by atoms with Crippen molar-refractivity contribution in [3.8, 4) is 5.69 Å². The van der Waals surface area contributed by atoms with Crippen molar-refractivity contribution in [1.82, 2.24) is 20.2 Å². The maximum Gasteiger partial charge on any atom is 0.272 e. The van der Waals surface area contributed by atoms with Crippen LogP contribution in [0, 0.1) is 29.8 Å². The molecule has 0 aliphatic heterocycles. The van der Waals surface area contributed by atoms with Crippen molar-refractivity contribution in [2.45, 2.75) is 23.9 Å². The fraction of sp³-hybridized carbons (Fsp3) is 0.133. The SMILES string of the molecule is Cc1ccc(-n2nnnc2Sc2ccc([N+](=O)[O-])cc2F)cc1C. The average molecular weight is 345 g/mol. The first kappa shape index (κ1) is 16.1. The lowest BCUT2D eigenvalue weighted by Gasteiger charge is -2.07. The molecule has 9 heteroatoms. The number of rotatable bonds is 4. The van der Waals surface area contributed by atoms with Gasteiger partial charge >= 0.3 is 0 Å². The summed E-state index contributed by atoms with van der Waals surface area (Å²) < 4.78 is 15.5. The van der Waals surface area contributed by atoms with Gasteiger partial charge in [0.15, 0.2) is 0 Å². The summed E-state index contributed by atoms with van der Waals surface area (Å²) >= 11 is 1.00. The van der Waals surface area contributed by atoms with Crippen LogP contribution in [0.5, 0.6) is 0 Å². The molecule has 0 saturated heterocycles. The van der Waals surface area contributed by atoms with E-state index in [-0.39, 0.29) is 10.6 Å². The van der Waals surface area contributed by atoms with Crippen LogP contribution in [0.3, 0.4) is 0 Å². The quantitative estimate of drug-likeness (QED) is 0.531. The van der Waals surface area contributed by atoms with Gasteiger partial charge in [0.1, 0.15) is 5.82 Å². The van der Waals surface area contributed by atoms with Crippen LogP contribution >= 0.6 is 11.8 Å². The molecule has 0 aliphatic carbocycles. The van der Waals surface area contributed by atoms with E-state index in [4.69, 9.17) is 0 Å². The van der Waals surface area contributed by atoms with E-state index >= 15 is 0 Å². The van der Waals surface area contributed by atoms with Gasteiger partial charge in [-0.2, -0.15) is 4.68 Å². The number of hydrogen-bond donors (Lipinski definition) is 0. The summed E-state index contributed by atoms with van der Waals surface area (Å²) in [5, 5.41) is 22.5. The molecule has 3 rings (SSSR count). The van der Waals surface area contributed by atoms with E-state index in [9.17, 15) is 14.5 Å². The normalized spacial score (nSPS) is 10.8. The molecular weight excluding hydrogens is 333 g/mol. The Labute approximate surface area is 140 Å². The Balaban J connectivity index is 1.94. The molecular formula is C15H12FN5O2S. The van der Waals surface area contributed by atoms with Gasteiger partial charge in [0.25, 0.3) is 5.69 Å². The molecule has 0 spiro atoms. The molecule has 0 amide bonds. The molecule has 0 bridgehead atoms. The third kappa shape index (κ3) is 3.11. The zero-order valence-electron chi connectivity index (χ0n) is 12.8. The predicted molar refractivity (Wildman–Crippen MR) is 85.8 cm³/mol. The van der Waals surface area contributed by atoms with E-state index < -0.39 is 10.7 Å². The molecule has 0 N–H and O–H groups in total. The van der Waals surface area contributed by atoms with Crippen LogP contribution in [-0.4, -0.2) is 25.1 Å². The number of hydrogen-bond acceptors (Lipinski definition) is 6. The highest BCUT2D eigenvalue weighted by atomic mass is 32.2. The zero-order valence-corrected chi connectivity index (χ0v) is 13.6. The monoisotopic (exact) mass is 345 g/mol. The van der Waals surface area contributed by atoms with Crippen molar-refractivity contribution in [2.24, 2.45) is 0 Å². The molecule has 0 saturated carbocycles. The molecule has 3 aromatic rings. The third-order valence-corrected chi connectivity index (χ3v) is 4.49. The lowest BCUT2D eigenvalue weighted by Crippen LogP contribution is -2.00. The van der Waals surface area contributed by atoms with Crippen molar-refractivity contribution < 1.29 is 9.31 Å². The molecule has 0 atom stereocenters. The first-order chi connectivity index (χ1) is 11.5. The molecule has 7 nitrogen and oxygen atoms in total. The Morgan fingerprint density at radius 2 is 1.96 bits per heavy atom. The van der Waals surface area contributed by atoms with Gasteiger partial charge in [0.2, 0.25) is 5.16 Å². The minimum Gasteiger partial charge on any atom is -0.258 e. The minimum atomic E-state index is -0.691. The van der Waals surface area contributed by atoms with Crippen molar-refractivity contribution in [3.05, 3.63) is 63.5 Å². The van der Waals surface area contributed by atoms with Crippen molar-refractivity contribution in [3.63, 3.8) is 0 Å². The number of benzene rings is 2. The lowest BCUT2D eigenvalue weighted by molar-refractivity contribution is -0.385. The summed E-state index contributed by atoms with van der Waals surface area (Å²) in [6, 6.07) is 9.23. The molecule has 1 aromatic heterocycles. The van der Waals surface area contributed by atoms with Crippen molar-refractivity contribution >= 4 is 17.4 Å². The van der Waals surface area contributed by atoms with Crippen LogP contribution in [0.25, 0.3) is 5.69 Å². The summed E-state index contributed by atoms with van der Waals surface area (Å²) in [7, 11) is 0. The maximum atomic E-state index is 14.1. The van der Waals surface area contributed by atoms with Crippen LogP contribution in [0.2, 0.25) is 0 Å². The smallest absolute Gasteiger partial charge is 0.258 e.